The molecule has 2 aromatic rings. The van der Waals surface area contributed by atoms with Gasteiger partial charge in [0.2, 0.25) is 0 Å². The van der Waals surface area contributed by atoms with Crippen molar-refractivity contribution in [1.82, 2.24) is 15.2 Å². The van der Waals surface area contributed by atoms with E-state index < -0.39 is 0 Å². The van der Waals surface area contributed by atoms with Crippen LogP contribution in [0.1, 0.15) is 10.6 Å². The predicted molar refractivity (Wildman–Crippen MR) is 56.2 cm³/mol. The molecule has 0 spiro atoms. The highest BCUT2D eigenvalue weighted by Crippen LogP contribution is 2.11. The van der Waals surface area contributed by atoms with Gasteiger partial charge in [-0.25, -0.2) is 4.98 Å². The molecular formula is C9H7N5S. The average Bonchev–Trinajstić information content (AvgIpc) is 2.79. The highest BCUT2D eigenvalue weighted by molar-refractivity contribution is 7.09. The van der Waals surface area contributed by atoms with Crippen molar-refractivity contribution in [3.8, 4) is 6.07 Å². The molecule has 0 saturated carbocycles. The quantitative estimate of drug-likeness (QED) is 0.841. The zero-order chi connectivity index (χ0) is 10.5. The van der Waals surface area contributed by atoms with E-state index in [4.69, 9.17) is 5.26 Å². The molecule has 0 aliphatic heterocycles. The van der Waals surface area contributed by atoms with E-state index in [-0.39, 0.29) is 0 Å². The SMILES string of the molecule is N#Cc1ccnnc1NCc1nccs1. The Bertz CT molecular complexity index is 473. The van der Waals surface area contributed by atoms with E-state index >= 15 is 0 Å². The fourth-order valence-corrected chi connectivity index (χ4v) is 1.61. The first kappa shape index (κ1) is 9.55. The fourth-order valence-electron chi connectivity index (χ4n) is 1.05. The number of nitriles is 1. The van der Waals surface area contributed by atoms with Gasteiger partial charge in [0.15, 0.2) is 5.82 Å². The van der Waals surface area contributed by atoms with E-state index in [0.717, 1.165) is 5.01 Å². The molecule has 6 heteroatoms. The number of hydrogen-bond donors (Lipinski definition) is 1. The van der Waals surface area contributed by atoms with Crippen molar-refractivity contribution in [2.45, 2.75) is 6.54 Å². The largest absolute Gasteiger partial charge is 0.361 e. The molecule has 0 aliphatic rings. The summed E-state index contributed by atoms with van der Waals surface area (Å²) in [6.07, 6.45) is 3.23. The van der Waals surface area contributed by atoms with Crippen LogP contribution in [0.3, 0.4) is 0 Å². The normalized spacial score (nSPS) is 9.53. The number of nitrogens with one attached hydrogen (secondary N) is 1. The van der Waals surface area contributed by atoms with E-state index in [2.05, 4.69) is 20.5 Å². The lowest BCUT2D eigenvalue weighted by Gasteiger charge is -2.02. The maximum atomic E-state index is 8.80. The van der Waals surface area contributed by atoms with Gasteiger partial charge in [-0.05, 0) is 6.07 Å². The van der Waals surface area contributed by atoms with Crippen molar-refractivity contribution in [3.63, 3.8) is 0 Å². The Labute approximate surface area is 90.4 Å². The summed E-state index contributed by atoms with van der Waals surface area (Å²) in [6.45, 7) is 0.561. The molecule has 0 radical (unpaired) electrons. The van der Waals surface area contributed by atoms with Crippen LogP contribution in [-0.4, -0.2) is 15.2 Å². The molecular weight excluding hydrogens is 210 g/mol. The predicted octanol–water partition coefficient (Wildman–Crippen LogP) is 1.42. The fraction of sp³-hybridized carbons (Fsp3) is 0.111. The maximum absolute atomic E-state index is 8.80. The third-order valence-corrected chi connectivity index (χ3v) is 2.51. The van der Waals surface area contributed by atoms with E-state index in [0.29, 0.717) is 17.9 Å². The number of rotatable bonds is 3. The van der Waals surface area contributed by atoms with E-state index in [1.807, 2.05) is 11.4 Å². The minimum Gasteiger partial charge on any atom is -0.361 e. The highest BCUT2D eigenvalue weighted by atomic mass is 32.1. The molecule has 0 amide bonds. The number of anilines is 1. The number of aromatic nitrogens is 3. The lowest BCUT2D eigenvalue weighted by molar-refractivity contribution is 0.988. The van der Waals surface area contributed by atoms with Crippen molar-refractivity contribution in [2.24, 2.45) is 0 Å². The number of thiazole rings is 1. The second-order valence-corrected chi connectivity index (χ2v) is 3.66. The van der Waals surface area contributed by atoms with Crippen LogP contribution < -0.4 is 5.32 Å². The van der Waals surface area contributed by atoms with Crippen LogP contribution in [-0.2, 0) is 6.54 Å². The third-order valence-electron chi connectivity index (χ3n) is 1.73. The van der Waals surface area contributed by atoms with Crippen molar-refractivity contribution in [2.75, 3.05) is 5.32 Å². The number of hydrogen-bond acceptors (Lipinski definition) is 6. The molecule has 2 rings (SSSR count). The van der Waals surface area contributed by atoms with Gasteiger partial charge in [-0.3, -0.25) is 0 Å². The molecule has 5 nitrogen and oxygen atoms in total. The van der Waals surface area contributed by atoms with Crippen LogP contribution in [0.25, 0.3) is 0 Å². The van der Waals surface area contributed by atoms with E-state index in [1.165, 1.54) is 6.20 Å². The van der Waals surface area contributed by atoms with Gasteiger partial charge >= 0.3 is 0 Å². The van der Waals surface area contributed by atoms with E-state index in [1.54, 1.807) is 23.6 Å². The molecule has 0 unspecified atom stereocenters. The molecule has 2 heterocycles. The van der Waals surface area contributed by atoms with Crippen LogP contribution in [0.5, 0.6) is 0 Å². The first-order chi connectivity index (χ1) is 7.40. The summed E-state index contributed by atoms with van der Waals surface area (Å²) in [7, 11) is 0. The first-order valence-electron chi connectivity index (χ1n) is 4.24. The Morgan fingerprint density at radius 1 is 1.47 bits per heavy atom. The summed E-state index contributed by atoms with van der Waals surface area (Å²) in [4.78, 5) is 4.11. The summed E-state index contributed by atoms with van der Waals surface area (Å²) in [5.41, 5.74) is 0.488. The molecule has 0 bridgehead atoms. The summed E-state index contributed by atoms with van der Waals surface area (Å²) in [5, 5.41) is 22.2. The van der Waals surface area contributed by atoms with Gasteiger partial charge < -0.3 is 5.32 Å². The van der Waals surface area contributed by atoms with E-state index in [9.17, 15) is 0 Å². The van der Waals surface area contributed by atoms with Gasteiger partial charge in [0.25, 0.3) is 0 Å². The van der Waals surface area contributed by atoms with Crippen LogP contribution in [0.4, 0.5) is 5.82 Å². The molecule has 74 valence electrons. The smallest absolute Gasteiger partial charge is 0.166 e. The minimum atomic E-state index is 0.488. The third kappa shape index (κ3) is 2.27. The monoisotopic (exact) mass is 217 g/mol. The van der Waals surface area contributed by atoms with Gasteiger partial charge in [-0.2, -0.15) is 10.4 Å². The van der Waals surface area contributed by atoms with Gasteiger partial charge in [0.05, 0.1) is 18.3 Å². The van der Waals surface area contributed by atoms with Gasteiger partial charge in [0.1, 0.15) is 11.1 Å². The lowest BCUT2D eigenvalue weighted by atomic mass is 10.3. The molecule has 0 aromatic carbocycles. The van der Waals surface area contributed by atoms with Crippen molar-refractivity contribution in [3.05, 3.63) is 34.4 Å². The van der Waals surface area contributed by atoms with Crippen molar-refractivity contribution in [1.29, 1.82) is 5.26 Å². The second-order valence-electron chi connectivity index (χ2n) is 2.68. The van der Waals surface area contributed by atoms with Crippen LogP contribution in [0, 0.1) is 11.3 Å². The Morgan fingerprint density at radius 3 is 3.13 bits per heavy atom. The Kier molecular flexibility index (Phi) is 2.85. The van der Waals surface area contributed by atoms with Crippen LogP contribution in [0.15, 0.2) is 23.8 Å². The number of nitrogens with zero attached hydrogens (tertiary/aromatic N) is 4. The Hall–Kier alpha value is -2.00. The summed E-state index contributed by atoms with van der Waals surface area (Å²) >= 11 is 1.55. The zero-order valence-corrected chi connectivity index (χ0v) is 8.53. The highest BCUT2D eigenvalue weighted by Gasteiger charge is 2.03. The zero-order valence-electron chi connectivity index (χ0n) is 7.71. The van der Waals surface area contributed by atoms with Crippen molar-refractivity contribution < 1.29 is 0 Å². The molecule has 0 atom stereocenters. The van der Waals surface area contributed by atoms with Gasteiger partial charge in [0, 0.05) is 11.6 Å². The summed E-state index contributed by atoms with van der Waals surface area (Å²) < 4.78 is 0. The minimum absolute atomic E-state index is 0.488. The summed E-state index contributed by atoms with van der Waals surface area (Å²) in [6, 6.07) is 3.67. The lowest BCUT2D eigenvalue weighted by Crippen LogP contribution is -2.03. The second kappa shape index (κ2) is 4.48. The molecule has 15 heavy (non-hydrogen) atoms. The average molecular weight is 217 g/mol. The van der Waals surface area contributed by atoms with Crippen LogP contribution in [0.2, 0.25) is 0 Å². The maximum Gasteiger partial charge on any atom is 0.166 e. The molecule has 2 aromatic heterocycles. The molecule has 0 saturated heterocycles. The Balaban J connectivity index is 2.08. The molecule has 1 N–H and O–H groups in total. The van der Waals surface area contributed by atoms with Crippen LogP contribution >= 0.6 is 11.3 Å². The van der Waals surface area contributed by atoms with Gasteiger partial charge in [-0.1, -0.05) is 0 Å². The molecule has 0 fully saturated rings. The first-order valence-corrected chi connectivity index (χ1v) is 5.12. The standard InChI is InChI=1S/C9H7N5S/c10-5-7-1-2-13-14-9(7)12-6-8-11-3-4-15-8/h1-4H,6H2,(H,12,14). The molecule has 0 aliphatic carbocycles. The van der Waals surface area contributed by atoms with Crippen molar-refractivity contribution >= 4 is 17.2 Å². The summed E-state index contributed by atoms with van der Waals surface area (Å²) in [5.74, 6) is 0.496. The Morgan fingerprint density at radius 2 is 2.40 bits per heavy atom. The topological polar surface area (TPSA) is 74.5 Å². The van der Waals surface area contributed by atoms with Gasteiger partial charge in [-0.15, -0.1) is 16.4 Å².